The third-order valence-electron chi connectivity index (χ3n) is 9.07. The number of carbonyl (C=O) groups is 3. The molecule has 1 saturated heterocycles. The molecule has 0 bridgehead atoms. The molecule has 6 rings (SSSR count). The van der Waals surface area contributed by atoms with Crippen molar-refractivity contribution >= 4 is 55.4 Å². The van der Waals surface area contributed by atoms with Gasteiger partial charge in [0.2, 0.25) is 0 Å². The van der Waals surface area contributed by atoms with E-state index in [1.54, 1.807) is 31.2 Å². The molecule has 51 heavy (non-hydrogen) atoms. The number of rotatable bonds is 9. The van der Waals surface area contributed by atoms with Crippen LogP contribution in [0.4, 0.5) is 18.9 Å². The maximum absolute atomic E-state index is 14.6. The number of hydrogen-bond donors (Lipinski definition) is 0. The van der Waals surface area contributed by atoms with Gasteiger partial charge in [-0.3, -0.25) is 0 Å². The summed E-state index contributed by atoms with van der Waals surface area (Å²) in [5.41, 5.74) is -1.58. The Hall–Kier alpha value is -4.70. The molecule has 0 amide bonds. The SMILES string of the molecule is CCOC(=O)C1=C(C(=O)OCC)C2N(Cc3ccc(Br)cc3)c3ccccc3[C@@]23C[C@@H](C(=O)OC)N(S(=O)(=O)c2ccc(C(F)(F)F)cc2)C3=N1. The first kappa shape index (κ1) is 36.1. The highest BCUT2D eigenvalue weighted by Gasteiger charge is 2.69. The maximum atomic E-state index is 14.6. The van der Waals surface area contributed by atoms with Gasteiger partial charge in [-0.1, -0.05) is 46.3 Å². The lowest BCUT2D eigenvalue weighted by atomic mass is 9.69. The van der Waals surface area contributed by atoms with E-state index in [-0.39, 0.29) is 37.6 Å². The molecular formula is C35H31BrF3N3O8S. The highest BCUT2D eigenvalue weighted by molar-refractivity contribution is 9.10. The predicted molar refractivity (Wildman–Crippen MR) is 181 cm³/mol. The average molecular weight is 791 g/mol. The number of benzene rings is 3. The number of ether oxygens (including phenoxy) is 3. The van der Waals surface area contributed by atoms with E-state index in [0.717, 1.165) is 29.3 Å². The van der Waals surface area contributed by atoms with E-state index in [1.165, 1.54) is 6.92 Å². The summed E-state index contributed by atoms with van der Waals surface area (Å²) in [6, 6.07) is 14.3. The summed E-state index contributed by atoms with van der Waals surface area (Å²) in [5, 5.41) is 0. The number of methoxy groups -OCH3 is 1. The molecule has 1 spiro atoms. The number of para-hydroxylation sites is 1. The normalized spacial score (nSPS) is 21.0. The Balaban J connectivity index is 1.67. The Bertz CT molecular complexity index is 2070. The Kier molecular flexibility index (Phi) is 9.52. The van der Waals surface area contributed by atoms with Crippen molar-refractivity contribution in [3.8, 4) is 0 Å². The number of alkyl halides is 3. The van der Waals surface area contributed by atoms with Crippen molar-refractivity contribution in [1.29, 1.82) is 0 Å². The van der Waals surface area contributed by atoms with Crippen LogP contribution in [0.2, 0.25) is 0 Å². The quantitative estimate of drug-likeness (QED) is 0.203. The number of hydrogen-bond acceptors (Lipinski definition) is 10. The average Bonchev–Trinajstić information content (AvgIpc) is 3.60. The summed E-state index contributed by atoms with van der Waals surface area (Å²) in [7, 11) is -3.82. The van der Waals surface area contributed by atoms with Crippen LogP contribution in [0.25, 0.3) is 0 Å². The number of esters is 3. The largest absolute Gasteiger partial charge is 0.467 e. The van der Waals surface area contributed by atoms with Gasteiger partial charge in [-0.15, -0.1) is 0 Å². The van der Waals surface area contributed by atoms with Gasteiger partial charge in [0.05, 0.1) is 47.8 Å². The Morgan fingerprint density at radius 2 is 1.57 bits per heavy atom. The van der Waals surface area contributed by atoms with Crippen LogP contribution in [-0.4, -0.2) is 68.9 Å². The van der Waals surface area contributed by atoms with E-state index in [2.05, 4.69) is 20.9 Å². The van der Waals surface area contributed by atoms with Crippen LogP contribution in [0.1, 0.15) is 37.0 Å². The van der Waals surface area contributed by atoms with Crippen LogP contribution < -0.4 is 4.90 Å². The molecule has 3 atom stereocenters. The van der Waals surface area contributed by atoms with E-state index in [4.69, 9.17) is 14.2 Å². The third-order valence-corrected chi connectivity index (χ3v) is 11.4. The van der Waals surface area contributed by atoms with Crippen LogP contribution in [-0.2, 0) is 56.8 Å². The van der Waals surface area contributed by atoms with Crippen LogP contribution in [0, 0.1) is 0 Å². The monoisotopic (exact) mass is 789 g/mol. The van der Waals surface area contributed by atoms with E-state index in [1.807, 2.05) is 29.2 Å². The molecule has 1 unspecified atom stereocenters. The molecule has 16 heteroatoms. The Morgan fingerprint density at radius 3 is 2.18 bits per heavy atom. The summed E-state index contributed by atoms with van der Waals surface area (Å²) in [4.78, 5) is 47.2. The topological polar surface area (TPSA) is 132 Å². The molecule has 0 N–H and O–H groups in total. The highest BCUT2D eigenvalue weighted by Crippen LogP contribution is 2.59. The minimum absolute atomic E-state index is 0.0758. The fourth-order valence-electron chi connectivity index (χ4n) is 7.05. The van der Waals surface area contributed by atoms with Crippen molar-refractivity contribution < 1.29 is 50.2 Å². The fraction of sp³-hybridized carbons (Fsp3) is 0.314. The van der Waals surface area contributed by atoms with Gasteiger partial charge in [0.25, 0.3) is 10.0 Å². The van der Waals surface area contributed by atoms with Gasteiger partial charge >= 0.3 is 24.1 Å². The van der Waals surface area contributed by atoms with Gasteiger partial charge in [0.1, 0.15) is 11.9 Å². The van der Waals surface area contributed by atoms with Gasteiger partial charge in [-0.25, -0.2) is 32.1 Å². The first-order valence-electron chi connectivity index (χ1n) is 15.8. The second-order valence-electron chi connectivity index (χ2n) is 11.9. The first-order valence-corrected chi connectivity index (χ1v) is 18.0. The first-order chi connectivity index (χ1) is 24.2. The van der Waals surface area contributed by atoms with Crippen molar-refractivity contribution in [2.75, 3.05) is 25.2 Å². The van der Waals surface area contributed by atoms with E-state index in [0.29, 0.717) is 27.7 Å². The predicted octanol–water partition coefficient (Wildman–Crippen LogP) is 5.52. The molecular weight excluding hydrogens is 759 g/mol. The number of amidine groups is 1. The molecule has 0 aliphatic carbocycles. The zero-order valence-electron chi connectivity index (χ0n) is 27.4. The lowest BCUT2D eigenvalue weighted by molar-refractivity contribution is -0.144. The molecule has 0 saturated carbocycles. The zero-order chi connectivity index (χ0) is 36.9. The van der Waals surface area contributed by atoms with Gasteiger partial charge in [-0.05, 0) is 73.9 Å². The second-order valence-corrected chi connectivity index (χ2v) is 14.6. The molecule has 268 valence electrons. The lowest BCUT2D eigenvalue weighted by Crippen LogP contribution is -2.55. The third kappa shape index (κ3) is 5.97. The number of sulfonamides is 1. The summed E-state index contributed by atoms with van der Waals surface area (Å²) in [5.74, 6) is -3.24. The minimum Gasteiger partial charge on any atom is -0.467 e. The number of aliphatic imine (C=N–C) groups is 1. The smallest absolute Gasteiger partial charge is 0.416 e. The Morgan fingerprint density at radius 1 is 0.941 bits per heavy atom. The van der Waals surface area contributed by atoms with Gasteiger partial charge in [0.15, 0.2) is 5.70 Å². The summed E-state index contributed by atoms with van der Waals surface area (Å²) >= 11 is 3.43. The van der Waals surface area contributed by atoms with Gasteiger partial charge in [-0.2, -0.15) is 13.2 Å². The van der Waals surface area contributed by atoms with Crippen molar-refractivity contribution in [2.24, 2.45) is 4.99 Å². The van der Waals surface area contributed by atoms with Crippen LogP contribution >= 0.6 is 15.9 Å². The van der Waals surface area contributed by atoms with E-state index >= 15 is 0 Å². The summed E-state index contributed by atoms with van der Waals surface area (Å²) < 4.78 is 87.0. The Labute approximate surface area is 299 Å². The van der Waals surface area contributed by atoms with E-state index < -0.39 is 67.8 Å². The summed E-state index contributed by atoms with van der Waals surface area (Å²) in [6.07, 6.45) is -5.06. The van der Waals surface area contributed by atoms with Crippen molar-refractivity contribution in [2.45, 2.75) is 55.4 Å². The maximum Gasteiger partial charge on any atom is 0.416 e. The number of carbonyl (C=O) groups excluding carboxylic acids is 3. The molecule has 0 aromatic heterocycles. The number of nitrogens with zero attached hydrogens (tertiary/aromatic N) is 3. The van der Waals surface area contributed by atoms with Crippen molar-refractivity contribution in [3.63, 3.8) is 0 Å². The highest BCUT2D eigenvalue weighted by atomic mass is 79.9. The van der Waals surface area contributed by atoms with Crippen molar-refractivity contribution in [3.05, 3.63) is 105 Å². The number of halogens is 4. The van der Waals surface area contributed by atoms with Gasteiger partial charge < -0.3 is 19.1 Å². The molecule has 3 heterocycles. The molecule has 3 aliphatic heterocycles. The fourth-order valence-corrected chi connectivity index (χ4v) is 8.95. The molecule has 3 aromatic rings. The van der Waals surface area contributed by atoms with Crippen LogP contribution in [0.3, 0.4) is 0 Å². The van der Waals surface area contributed by atoms with Crippen LogP contribution in [0.15, 0.2) is 98.4 Å². The zero-order valence-corrected chi connectivity index (χ0v) is 29.8. The number of anilines is 1. The molecule has 0 radical (unpaired) electrons. The van der Waals surface area contributed by atoms with E-state index in [9.17, 15) is 36.0 Å². The molecule has 3 aliphatic rings. The van der Waals surface area contributed by atoms with Crippen LogP contribution in [0.5, 0.6) is 0 Å². The standard InChI is InChI=1S/C35H31BrF3N3O8S/c1-4-49-31(44)27-28(32(45)50-5-2)40-33-34(24-8-6-7-9-25(24)41(29(27)34)19-20-10-14-22(36)15-11-20)18-26(30(43)48-3)42(33)51(46,47)23-16-12-21(13-17-23)35(37,38)39/h6-17,26,29H,4-5,18-19H2,1-3H3/t26-,29?,34-/m0/s1. The summed E-state index contributed by atoms with van der Waals surface area (Å²) in [6.45, 7) is 3.07. The van der Waals surface area contributed by atoms with Gasteiger partial charge in [0, 0.05) is 16.7 Å². The number of fused-ring (bicyclic) bond motifs is 1. The molecule has 1 fully saturated rings. The lowest BCUT2D eigenvalue weighted by Gasteiger charge is -2.40. The minimum atomic E-state index is -4.89. The molecule has 3 aromatic carbocycles. The molecule has 11 nitrogen and oxygen atoms in total. The second kappa shape index (κ2) is 13.5. The van der Waals surface area contributed by atoms with Crippen molar-refractivity contribution in [1.82, 2.24) is 4.31 Å².